The lowest BCUT2D eigenvalue weighted by molar-refractivity contribution is -0.119. The fraction of sp³-hybridized carbons (Fsp3) is 0.500. The van der Waals surface area contributed by atoms with Gasteiger partial charge in [-0.2, -0.15) is 9.64 Å². The van der Waals surface area contributed by atoms with Gasteiger partial charge in [-0.3, -0.25) is 4.79 Å². The molecule has 1 atom stereocenters. The van der Waals surface area contributed by atoms with Gasteiger partial charge < -0.3 is 20.9 Å². The van der Waals surface area contributed by atoms with Crippen LogP contribution in [0.2, 0.25) is 0 Å². The molecule has 7 nitrogen and oxygen atoms in total. The summed E-state index contributed by atoms with van der Waals surface area (Å²) in [7, 11) is 0. The number of benzene rings is 1. The predicted octanol–water partition coefficient (Wildman–Crippen LogP) is 2.76. The number of piperazine rings is 1. The zero-order valence-electron chi connectivity index (χ0n) is 17.9. The number of anilines is 2. The van der Waals surface area contributed by atoms with Crippen molar-refractivity contribution in [1.29, 1.82) is 5.26 Å². The number of hydrogen-bond donors (Lipinski definition) is 2. The summed E-state index contributed by atoms with van der Waals surface area (Å²) >= 11 is 1.32. The van der Waals surface area contributed by atoms with Crippen molar-refractivity contribution >= 4 is 28.1 Å². The first-order chi connectivity index (χ1) is 14.4. The third-order valence-electron chi connectivity index (χ3n) is 5.38. The summed E-state index contributed by atoms with van der Waals surface area (Å²) in [5.74, 6) is -0.135. The SMILES string of the molecule is Cc1nsc(N(CC#N)C(CC(C)C)C(N)=O)c1-c1ccc(N2CCNCC2)cc1. The Hall–Kier alpha value is -2.63. The van der Waals surface area contributed by atoms with Crippen LogP contribution >= 0.6 is 11.5 Å². The molecule has 0 spiro atoms. The van der Waals surface area contributed by atoms with E-state index < -0.39 is 11.9 Å². The molecular weight excluding hydrogens is 396 g/mol. The van der Waals surface area contributed by atoms with Crippen LogP contribution in [-0.2, 0) is 4.79 Å². The molecule has 0 bridgehead atoms. The van der Waals surface area contributed by atoms with Gasteiger partial charge in [0.2, 0.25) is 5.91 Å². The molecule has 2 heterocycles. The Balaban J connectivity index is 1.96. The second-order valence-electron chi connectivity index (χ2n) is 8.07. The first-order valence-corrected chi connectivity index (χ1v) is 11.1. The molecular formula is C22H30N6OS. The minimum absolute atomic E-state index is 0.0911. The monoisotopic (exact) mass is 426 g/mol. The zero-order chi connectivity index (χ0) is 21.7. The highest BCUT2D eigenvalue weighted by molar-refractivity contribution is 7.11. The number of carbonyl (C=O) groups is 1. The molecule has 8 heteroatoms. The normalized spacial score (nSPS) is 15.1. The number of nitriles is 1. The number of carbonyl (C=O) groups excluding carboxylic acids is 1. The number of amides is 1. The van der Waals surface area contributed by atoms with E-state index in [1.54, 1.807) is 0 Å². The lowest BCUT2D eigenvalue weighted by Crippen LogP contribution is -2.46. The van der Waals surface area contributed by atoms with Crippen LogP contribution < -0.4 is 20.9 Å². The first-order valence-electron chi connectivity index (χ1n) is 10.4. The van der Waals surface area contributed by atoms with E-state index in [0.717, 1.165) is 48.0 Å². The Bertz CT molecular complexity index is 895. The van der Waals surface area contributed by atoms with Gasteiger partial charge >= 0.3 is 0 Å². The molecule has 1 aliphatic rings. The molecule has 1 amide bonds. The summed E-state index contributed by atoms with van der Waals surface area (Å²) in [6, 6.07) is 10.1. The van der Waals surface area contributed by atoms with Crippen molar-refractivity contribution in [3.8, 4) is 17.2 Å². The van der Waals surface area contributed by atoms with E-state index >= 15 is 0 Å². The van der Waals surface area contributed by atoms with E-state index in [9.17, 15) is 10.1 Å². The largest absolute Gasteiger partial charge is 0.369 e. The number of aromatic nitrogens is 1. The highest BCUT2D eigenvalue weighted by Gasteiger charge is 2.29. The predicted molar refractivity (Wildman–Crippen MR) is 123 cm³/mol. The molecule has 1 unspecified atom stereocenters. The van der Waals surface area contributed by atoms with Gasteiger partial charge in [-0.1, -0.05) is 26.0 Å². The van der Waals surface area contributed by atoms with Crippen molar-refractivity contribution in [2.45, 2.75) is 33.2 Å². The Labute approximate surface area is 182 Å². The quantitative estimate of drug-likeness (QED) is 0.630. The van der Waals surface area contributed by atoms with E-state index in [4.69, 9.17) is 5.73 Å². The van der Waals surface area contributed by atoms with Gasteiger partial charge in [-0.15, -0.1) is 0 Å². The number of hydrogen-bond acceptors (Lipinski definition) is 7. The van der Waals surface area contributed by atoms with Crippen LogP contribution in [0.25, 0.3) is 11.1 Å². The van der Waals surface area contributed by atoms with E-state index in [2.05, 4.69) is 44.9 Å². The molecule has 2 aromatic rings. The van der Waals surface area contributed by atoms with Gasteiger partial charge in [-0.05, 0) is 48.5 Å². The molecule has 3 rings (SSSR count). The minimum Gasteiger partial charge on any atom is -0.369 e. The van der Waals surface area contributed by atoms with Crippen molar-refractivity contribution in [2.75, 3.05) is 42.5 Å². The maximum absolute atomic E-state index is 12.2. The van der Waals surface area contributed by atoms with E-state index in [1.165, 1.54) is 17.2 Å². The summed E-state index contributed by atoms with van der Waals surface area (Å²) in [6.07, 6.45) is 0.593. The zero-order valence-corrected chi connectivity index (χ0v) is 18.7. The molecule has 0 saturated carbocycles. The number of primary amides is 1. The summed E-state index contributed by atoms with van der Waals surface area (Å²) in [5.41, 5.74) is 9.83. The van der Waals surface area contributed by atoms with Gasteiger partial charge in [-0.25, -0.2) is 0 Å². The Morgan fingerprint density at radius 3 is 2.57 bits per heavy atom. The van der Waals surface area contributed by atoms with Crippen molar-refractivity contribution in [3.63, 3.8) is 0 Å². The standard InChI is InChI=1S/C22H30N6OS/c1-15(2)14-19(21(24)29)28(11-8-23)22-20(16(3)26-30-22)17-4-6-18(7-5-17)27-12-9-25-10-13-27/h4-7,15,19,25H,9-14H2,1-3H3,(H2,24,29). The molecule has 1 fully saturated rings. The molecule has 30 heavy (non-hydrogen) atoms. The highest BCUT2D eigenvalue weighted by atomic mass is 32.1. The van der Waals surface area contributed by atoms with Crippen molar-refractivity contribution in [3.05, 3.63) is 30.0 Å². The number of nitrogens with one attached hydrogen (secondary N) is 1. The number of nitrogens with two attached hydrogens (primary N) is 1. The van der Waals surface area contributed by atoms with Gasteiger partial charge in [0.15, 0.2) is 0 Å². The summed E-state index contributed by atoms with van der Waals surface area (Å²) in [4.78, 5) is 16.4. The van der Waals surface area contributed by atoms with Gasteiger partial charge in [0, 0.05) is 37.4 Å². The van der Waals surface area contributed by atoms with Gasteiger partial charge in [0.25, 0.3) is 0 Å². The molecule has 160 valence electrons. The van der Waals surface area contributed by atoms with Gasteiger partial charge in [0.1, 0.15) is 17.6 Å². The summed E-state index contributed by atoms with van der Waals surface area (Å²) < 4.78 is 4.55. The highest BCUT2D eigenvalue weighted by Crippen LogP contribution is 2.39. The number of rotatable bonds is 8. The topological polar surface area (TPSA) is 98.3 Å². The molecule has 1 aliphatic heterocycles. The van der Waals surface area contributed by atoms with Crippen LogP contribution in [0.4, 0.5) is 10.7 Å². The lowest BCUT2D eigenvalue weighted by atomic mass is 10.00. The second kappa shape index (κ2) is 9.92. The maximum atomic E-state index is 12.2. The van der Waals surface area contributed by atoms with Crippen LogP contribution in [-0.4, -0.2) is 49.0 Å². The Morgan fingerprint density at radius 2 is 2.00 bits per heavy atom. The third-order valence-corrected chi connectivity index (χ3v) is 6.36. The van der Waals surface area contributed by atoms with Crippen molar-refractivity contribution in [1.82, 2.24) is 9.69 Å². The van der Waals surface area contributed by atoms with E-state index in [1.807, 2.05) is 25.7 Å². The third kappa shape index (κ3) is 4.91. The van der Waals surface area contributed by atoms with Crippen molar-refractivity contribution < 1.29 is 4.79 Å². The maximum Gasteiger partial charge on any atom is 0.240 e. The summed E-state index contributed by atoms with van der Waals surface area (Å²) in [5, 5.41) is 13.6. The van der Waals surface area contributed by atoms with Gasteiger partial charge in [0.05, 0.1) is 11.8 Å². The number of nitrogens with zero attached hydrogens (tertiary/aromatic N) is 4. The molecule has 1 aromatic heterocycles. The van der Waals surface area contributed by atoms with Crippen LogP contribution in [0, 0.1) is 24.2 Å². The van der Waals surface area contributed by atoms with Crippen LogP contribution in [0.15, 0.2) is 24.3 Å². The molecule has 0 aliphatic carbocycles. The second-order valence-corrected chi connectivity index (χ2v) is 8.82. The fourth-order valence-electron chi connectivity index (χ4n) is 3.89. The van der Waals surface area contributed by atoms with E-state index in [-0.39, 0.29) is 12.5 Å². The van der Waals surface area contributed by atoms with E-state index in [0.29, 0.717) is 6.42 Å². The van der Waals surface area contributed by atoms with Crippen LogP contribution in [0.1, 0.15) is 26.0 Å². The van der Waals surface area contributed by atoms with Crippen molar-refractivity contribution in [2.24, 2.45) is 11.7 Å². The smallest absolute Gasteiger partial charge is 0.240 e. The lowest BCUT2D eigenvalue weighted by Gasteiger charge is -2.30. The molecule has 1 saturated heterocycles. The first kappa shape index (κ1) is 22.1. The molecule has 0 radical (unpaired) electrons. The average Bonchev–Trinajstić information content (AvgIpc) is 3.12. The van der Waals surface area contributed by atoms with Crippen LogP contribution in [0.5, 0.6) is 0 Å². The summed E-state index contributed by atoms with van der Waals surface area (Å²) in [6.45, 7) is 10.1. The fourth-order valence-corrected chi connectivity index (χ4v) is 4.86. The molecule has 3 N–H and O–H groups in total. The molecule has 1 aromatic carbocycles. The average molecular weight is 427 g/mol. The van der Waals surface area contributed by atoms with Crippen LogP contribution in [0.3, 0.4) is 0 Å². The number of aryl methyl sites for hydroxylation is 1. The Kier molecular flexibility index (Phi) is 7.29. The Morgan fingerprint density at radius 1 is 1.33 bits per heavy atom. The minimum atomic E-state index is -0.539.